The highest BCUT2D eigenvalue weighted by molar-refractivity contribution is 7.91. The van der Waals surface area contributed by atoms with Gasteiger partial charge in [-0.05, 0) is 66.6 Å². The van der Waals surface area contributed by atoms with Crippen LogP contribution in [-0.2, 0) is 20.6 Å². The number of anilines is 1. The number of aryl methyl sites for hydroxylation is 1. The highest BCUT2D eigenvalue weighted by Crippen LogP contribution is 2.31. The summed E-state index contributed by atoms with van der Waals surface area (Å²) in [4.78, 5) is 15.0. The molecule has 1 aromatic heterocycles. The number of thiazole rings is 1. The second-order valence-corrected chi connectivity index (χ2v) is 9.54. The predicted octanol–water partition coefficient (Wildman–Crippen LogP) is 4.75. The monoisotopic (exact) mass is 438 g/mol. The lowest BCUT2D eigenvalue weighted by Gasteiger charge is -2.09. The molecule has 0 amide bonds. The van der Waals surface area contributed by atoms with Crippen molar-refractivity contribution in [2.24, 2.45) is 0 Å². The molecule has 0 saturated heterocycles. The molecule has 1 N–H and O–H groups in total. The molecule has 4 rings (SSSR count). The fourth-order valence-electron chi connectivity index (χ4n) is 2.99. The van der Waals surface area contributed by atoms with Crippen LogP contribution in [0.2, 0.25) is 0 Å². The van der Waals surface area contributed by atoms with Gasteiger partial charge in [0.1, 0.15) is 10.8 Å². The summed E-state index contributed by atoms with van der Waals surface area (Å²) in [6.45, 7) is 2.37. The molecule has 0 spiro atoms. The standard InChI is InChI=1S/C22H18N2O4S2/c1-15-2-11-20-21(12-15)29-22(23-20)17-5-7-18(8-6-17)24-30(26,27)13-16-3-9-19(10-4-16)28-14-25/h2-12,14,24H,13H2,1H3. The SMILES string of the molecule is Cc1ccc2nc(-c3ccc(NS(=O)(=O)Cc4ccc(OC=O)cc4)cc3)sc2c1. The van der Waals surface area contributed by atoms with Crippen molar-refractivity contribution in [3.8, 4) is 16.3 Å². The summed E-state index contributed by atoms with van der Waals surface area (Å²) >= 11 is 1.61. The summed E-state index contributed by atoms with van der Waals surface area (Å²) in [5.74, 6) is 0.174. The number of sulfonamides is 1. The summed E-state index contributed by atoms with van der Waals surface area (Å²) in [7, 11) is -3.59. The quantitative estimate of drug-likeness (QED) is 0.421. The van der Waals surface area contributed by atoms with E-state index in [1.54, 1.807) is 47.7 Å². The Morgan fingerprint density at radius 3 is 2.47 bits per heavy atom. The molecule has 3 aromatic carbocycles. The summed E-state index contributed by atoms with van der Waals surface area (Å²) in [6, 6.07) is 19.6. The molecule has 0 aliphatic heterocycles. The fraction of sp³-hybridized carbons (Fsp3) is 0.0909. The topological polar surface area (TPSA) is 85.4 Å². The minimum absolute atomic E-state index is 0.187. The van der Waals surface area contributed by atoms with E-state index in [1.807, 2.05) is 31.2 Å². The summed E-state index contributed by atoms with van der Waals surface area (Å²) in [6.07, 6.45) is 0. The van der Waals surface area contributed by atoms with Gasteiger partial charge in [0.15, 0.2) is 0 Å². The molecule has 0 fully saturated rings. The van der Waals surface area contributed by atoms with E-state index >= 15 is 0 Å². The molecule has 0 radical (unpaired) electrons. The van der Waals surface area contributed by atoms with E-state index in [0.717, 1.165) is 20.8 Å². The van der Waals surface area contributed by atoms with Crippen LogP contribution >= 0.6 is 11.3 Å². The number of nitrogens with zero attached hydrogens (tertiary/aromatic N) is 1. The molecule has 0 bridgehead atoms. The van der Waals surface area contributed by atoms with Gasteiger partial charge in [-0.25, -0.2) is 13.4 Å². The molecule has 4 aromatic rings. The summed E-state index contributed by atoms with van der Waals surface area (Å²) in [5, 5.41) is 0.891. The first-order chi connectivity index (χ1) is 14.4. The Morgan fingerprint density at radius 1 is 1.03 bits per heavy atom. The molecule has 0 unspecified atom stereocenters. The van der Waals surface area contributed by atoms with Crippen molar-refractivity contribution in [2.75, 3.05) is 4.72 Å². The van der Waals surface area contributed by atoms with Crippen molar-refractivity contribution in [3.63, 3.8) is 0 Å². The zero-order valence-electron chi connectivity index (χ0n) is 16.0. The maximum atomic E-state index is 12.5. The van der Waals surface area contributed by atoms with Crippen LogP contribution in [0.4, 0.5) is 5.69 Å². The van der Waals surface area contributed by atoms with Gasteiger partial charge < -0.3 is 4.74 Å². The van der Waals surface area contributed by atoms with Crippen molar-refractivity contribution in [2.45, 2.75) is 12.7 Å². The molecule has 30 heavy (non-hydrogen) atoms. The number of aromatic nitrogens is 1. The average molecular weight is 439 g/mol. The molecule has 8 heteroatoms. The van der Waals surface area contributed by atoms with Gasteiger partial charge in [0.25, 0.3) is 6.47 Å². The molecule has 6 nitrogen and oxygen atoms in total. The molecule has 0 aliphatic rings. The Hall–Kier alpha value is -3.23. The first-order valence-corrected chi connectivity index (χ1v) is 11.6. The highest BCUT2D eigenvalue weighted by atomic mass is 32.2. The number of benzene rings is 3. The number of hydrogen-bond donors (Lipinski definition) is 1. The van der Waals surface area contributed by atoms with Crippen molar-refractivity contribution in [1.29, 1.82) is 0 Å². The molecule has 1 heterocycles. The lowest BCUT2D eigenvalue weighted by Crippen LogP contribution is -2.15. The minimum atomic E-state index is -3.59. The number of fused-ring (bicyclic) bond motifs is 1. The Kier molecular flexibility index (Phi) is 5.52. The summed E-state index contributed by atoms with van der Waals surface area (Å²) in [5.41, 5.74) is 4.14. The molecule has 0 atom stereocenters. The van der Waals surface area contributed by atoms with E-state index in [0.29, 0.717) is 23.5 Å². The highest BCUT2D eigenvalue weighted by Gasteiger charge is 2.13. The van der Waals surface area contributed by atoms with Crippen LogP contribution in [-0.4, -0.2) is 19.9 Å². The van der Waals surface area contributed by atoms with Crippen LogP contribution < -0.4 is 9.46 Å². The van der Waals surface area contributed by atoms with Crippen LogP contribution in [0, 0.1) is 6.92 Å². The van der Waals surface area contributed by atoms with E-state index in [1.165, 1.54) is 5.56 Å². The van der Waals surface area contributed by atoms with Gasteiger partial charge in [-0.15, -0.1) is 11.3 Å². The van der Waals surface area contributed by atoms with Crippen LogP contribution in [0.25, 0.3) is 20.8 Å². The maximum absolute atomic E-state index is 12.5. The smallest absolute Gasteiger partial charge is 0.298 e. The normalized spacial score (nSPS) is 11.4. The van der Waals surface area contributed by atoms with Crippen LogP contribution in [0.3, 0.4) is 0 Å². The van der Waals surface area contributed by atoms with Gasteiger partial charge in [-0.3, -0.25) is 9.52 Å². The number of carbonyl (C=O) groups is 1. The molecular formula is C22H18N2O4S2. The van der Waals surface area contributed by atoms with Crippen LogP contribution in [0.5, 0.6) is 5.75 Å². The third-order valence-corrected chi connectivity index (χ3v) is 6.74. The molecule has 0 aliphatic carbocycles. The lowest BCUT2D eigenvalue weighted by atomic mass is 10.2. The largest absolute Gasteiger partial charge is 0.429 e. The second kappa shape index (κ2) is 8.25. The third kappa shape index (κ3) is 4.67. The van der Waals surface area contributed by atoms with E-state index in [9.17, 15) is 13.2 Å². The van der Waals surface area contributed by atoms with Gasteiger partial charge in [0.05, 0.1) is 16.0 Å². The Bertz CT molecular complexity index is 1300. The van der Waals surface area contributed by atoms with E-state index < -0.39 is 10.0 Å². The van der Waals surface area contributed by atoms with Gasteiger partial charge in [0, 0.05) is 11.3 Å². The van der Waals surface area contributed by atoms with Crippen LogP contribution in [0.1, 0.15) is 11.1 Å². The lowest BCUT2D eigenvalue weighted by molar-refractivity contribution is -0.120. The van der Waals surface area contributed by atoms with E-state index in [-0.39, 0.29) is 5.75 Å². The van der Waals surface area contributed by atoms with Crippen LogP contribution in [0.15, 0.2) is 66.7 Å². The number of rotatable bonds is 7. The van der Waals surface area contributed by atoms with Crippen molar-refractivity contribution < 1.29 is 17.9 Å². The van der Waals surface area contributed by atoms with Gasteiger partial charge in [-0.2, -0.15) is 0 Å². The van der Waals surface area contributed by atoms with Crippen molar-refractivity contribution in [1.82, 2.24) is 4.98 Å². The predicted molar refractivity (Wildman–Crippen MR) is 119 cm³/mol. The van der Waals surface area contributed by atoms with Gasteiger partial charge in [0.2, 0.25) is 10.0 Å². The van der Waals surface area contributed by atoms with Crippen molar-refractivity contribution in [3.05, 3.63) is 77.9 Å². The van der Waals surface area contributed by atoms with Crippen molar-refractivity contribution >= 4 is 43.7 Å². The molecular weight excluding hydrogens is 420 g/mol. The zero-order valence-corrected chi connectivity index (χ0v) is 17.7. The molecule has 152 valence electrons. The van der Waals surface area contributed by atoms with E-state index in [4.69, 9.17) is 4.74 Å². The number of nitrogens with one attached hydrogen (secondary N) is 1. The minimum Gasteiger partial charge on any atom is -0.429 e. The average Bonchev–Trinajstić information content (AvgIpc) is 3.13. The Morgan fingerprint density at radius 2 is 1.77 bits per heavy atom. The third-order valence-electron chi connectivity index (χ3n) is 4.41. The Balaban J connectivity index is 1.47. The molecule has 0 saturated carbocycles. The summed E-state index contributed by atoms with van der Waals surface area (Å²) < 4.78 is 33.4. The fourth-order valence-corrected chi connectivity index (χ4v) is 5.26. The zero-order chi connectivity index (χ0) is 21.1. The maximum Gasteiger partial charge on any atom is 0.298 e. The van der Waals surface area contributed by atoms with E-state index in [2.05, 4.69) is 15.8 Å². The number of ether oxygens (including phenoxy) is 1. The van der Waals surface area contributed by atoms with Gasteiger partial charge in [-0.1, -0.05) is 18.2 Å². The van der Waals surface area contributed by atoms with Gasteiger partial charge >= 0.3 is 0 Å². The number of hydrogen-bond acceptors (Lipinski definition) is 6. The Labute approximate surface area is 178 Å². The number of carbonyl (C=O) groups excluding carboxylic acids is 1. The first-order valence-electron chi connectivity index (χ1n) is 9.09. The first kappa shape index (κ1) is 20.1. The second-order valence-electron chi connectivity index (χ2n) is 6.79.